The Morgan fingerprint density at radius 2 is 1.83 bits per heavy atom. The minimum Gasteiger partial charge on any atom is -0.388 e. The van der Waals surface area contributed by atoms with E-state index in [1.165, 1.54) is 31.3 Å². The molecule has 1 heterocycles. The maximum absolute atomic E-state index is 14.4. The fourth-order valence-corrected chi connectivity index (χ4v) is 5.55. The zero-order valence-corrected chi connectivity index (χ0v) is 26.9. The number of nitrogens with zero attached hydrogens (tertiary/aromatic N) is 1. The molecule has 0 aliphatic carbocycles. The number of carbonyl (C=O) groups is 1. The summed E-state index contributed by atoms with van der Waals surface area (Å²) in [6.07, 6.45) is 1.14. The van der Waals surface area contributed by atoms with Crippen molar-refractivity contribution in [2.45, 2.75) is 64.9 Å². The van der Waals surface area contributed by atoms with E-state index in [9.17, 15) is 18.7 Å². The minimum atomic E-state index is -3.03. The zero-order valence-electron chi connectivity index (χ0n) is 26.9. The molecule has 0 amide bonds. The summed E-state index contributed by atoms with van der Waals surface area (Å²) in [4.78, 5) is 18.1. The number of halogens is 2. The first kappa shape index (κ1) is 34.1. The van der Waals surface area contributed by atoms with Gasteiger partial charge in [0.05, 0.1) is 12.6 Å². The molecule has 0 spiro atoms. The van der Waals surface area contributed by atoms with Crippen LogP contribution in [0.25, 0.3) is 11.1 Å². The summed E-state index contributed by atoms with van der Waals surface area (Å²) in [7, 11) is 0. The molecule has 1 aliphatic heterocycles. The van der Waals surface area contributed by atoms with Gasteiger partial charge in [0, 0.05) is 34.6 Å². The van der Waals surface area contributed by atoms with Gasteiger partial charge in [-0.05, 0) is 102 Å². The lowest BCUT2D eigenvalue weighted by Gasteiger charge is -2.24. The van der Waals surface area contributed by atoms with Crippen molar-refractivity contribution in [2.75, 3.05) is 6.54 Å². The largest absolute Gasteiger partial charge is 0.388 e. The number of fused-ring (bicyclic) bond motifs is 1. The average Bonchev–Trinajstić information content (AvgIpc) is 3.06. The molecule has 0 saturated heterocycles. The number of alkyl halides is 2. The second kappa shape index (κ2) is 14.1. The van der Waals surface area contributed by atoms with Gasteiger partial charge in [0.1, 0.15) is 5.71 Å². The third-order valence-electron chi connectivity index (χ3n) is 8.54. The molecule has 0 fully saturated rings. The minimum absolute atomic E-state index is 0.137. The van der Waals surface area contributed by atoms with Crippen LogP contribution < -0.4 is 0 Å². The first-order valence-electron chi connectivity index (χ1n) is 15.4. The Morgan fingerprint density at radius 1 is 1.11 bits per heavy atom. The van der Waals surface area contributed by atoms with Gasteiger partial charge in [0.25, 0.3) is 5.92 Å². The van der Waals surface area contributed by atoms with Gasteiger partial charge in [-0.1, -0.05) is 75.0 Å². The van der Waals surface area contributed by atoms with Gasteiger partial charge >= 0.3 is 0 Å². The summed E-state index contributed by atoms with van der Waals surface area (Å²) in [5.74, 6) is 2.91. The van der Waals surface area contributed by atoms with Crippen molar-refractivity contribution in [2.24, 2.45) is 4.99 Å². The van der Waals surface area contributed by atoms with E-state index >= 15 is 0 Å². The van der Waals surface area contributed by atoms with Crippen LogP contribution in [0.2, 0.25) is 0 Å². The first-order chi connectivity index (χ1) is 21.8. The summed E-state index contributed by atoms with van der Waals surface area (Å²) in [6, 6.07) is 15.6. The highest BCUT2D eigenvalue weighted by atomic mass is 19.3. The molecule has 3 aromatic carbocycles. The number of hydrogen-bond donors (Lipinski definition) is 2. The van der Waals surface area contributed by atoms with Gasteiger partial charge in [0.2, 0.25) is 0 Å². The second-order valence-electron chi connectivity index (χ2n) is 11.8. The van der Waals surface area contributed by atoms with Gasteiger partial charge in [-0.3, -0.25) is 9.79 Å². The number of aliphatic hydroxyl groups excluding tert-OH is 1. The number of allylic oxidation sites excluding steroid dienone is 2. The molecule has 0 saturated carbocycles. The van der Waals surface area contributed by atoms with Crippen LogP contribution in [-0.2, 0) is 5.92 Å². The molecule has 46 heavy (non-hydrogen) atoms. The highest BCUT2D eigenvalue weighted by molar-refractivity contribution is 6.19. The Bertz CT molecular complexity index is 1840. The van der Waals surface area contributed by atoms with Crippen LogP contribution in [0.3, 0.4) is 0 Å². The Hall–Kier alpha value is -4.73. The highest BCUT2D eigenvalue weighted by Gasteiger charge is 2.30. The van der Waals surface area contributed by atoms with Crippen molar-refractivity contribution in [3.63, 3.8) is 0 Å². The van der Waals surface area contributed by atoms with E-state index in [2.05, 4.69) is 31.6 Å². The highest BCUT2D eigenvalue weighted by Crippen LogP contribution is 2.36. The van der Waals surface area contributed by atoms with E-state index in [1.807, 2.05) is 50.2 Å². The van der Waals surface area contributed by atoms with Gasteiger partial charge in [-0.15, -0.1) is 0 Å². The Balaban J connectivity index is 1.59. The molecule has 0 radical (unpaired) electrons. The molecule has 2 unspecified atom stereocenters. The Labute approximate surface area is 270 Å². The molecule has 236 valence electrons. The number of aliphatic hydroxyl groups is 1. The van der Waals surface area contributed by atoms with E-state index in [0.717, 1.165) is 33.4 Å². The predicted octanol–water partition coefficient (Wildman–Crippen LogP) is 9.34. The Kier molecular flexibility index (Phi) is 10.5. The third-order valence-corrected chi connectivity index (χ3v) is 8.54. The van der Waals surface area contributed by atoms with Gasteiger partial charge < -0.3 is 10.5 Å². The predicted molar refractivity (Wildman–Crippen MR) is 185 cm³/mol. The van der Waals surface area contributed by atoms with Crippen molar-refractivity contribution >= 4 is 28.9 Å². The molecular weight excluding hydrogens is 578 g/mol. The number of aryl methyl sites for hydroxylation is 2. The van der Waals surface area contributed by atoms with Crippen molar-refractivity contribution < 1.29 is 18.7 Å². The number of aliphatic imine (C=N–C) groups is 1. The molecule has 3 aromatic rings. The normalized spacial score (nSPS) is 13.9. The molecule has 0 aromatic heterocycles. The standard InChI is InChI=1S/C40H40F2N2O2/c1-8-40(41,42)32-17-14-25(3)34(22-32)39(46)29(7)28(6)31-12-9-11-30(21-31)24(2)16-19-35-38-26(4)15-18-33(36(45)13-10-20-43)37(38)27(5)23-44-35/h9,11-12,14-15,17-18,20-22,24,36,43,45H,5-8,10,13,23H2,1-4H3. The zero-order chi connectivity index (χ0) is 33.8. The lowest BCUT2D eigenvalue weighted by molar-refractivity contribution is -0.00832. The average molecular weight is 619 g/mol. The monoisotopic (exact) mass is 618 g/mol. The SMILES string of the molecule is C=C(C(=C)c1cccc(C(C)C#CC2=NCC(=C)c3c(C(O)CCC=N)ccc(C)c32)c1)C(=O)c1cc(C(F)(F)CC)ccc1C. The number of rotatable bonds is 11. The number of carbonyl (C=O) groups excluding carboxylic acids is 1. The topological polar surface area (TPSA) is 73.5 Å². The van der Waals surface area contributed by atoms with Crippen LogP contribution in [-0.4, -0.2) is 29.4 Å². The Morgan fingerprint density at radius 3 is 2.52 bits per heavy atom. The molecule has 6 heteroatoms. The van der Waals surface area contributed by atoms with Crippen LogP contribution in [0.4, 0.5) is 8.78 Å². The first-order valence-corrected chi connectivity index (χ1v) is 15.4. The summed E-state index contributed by atoms with van der Waals surface area (Å²) in [6.45, 7) is 19.8. The summed E-state index contributed by atoms with van der Waals surface area (Å²) in [5.41, 5.74) is 7.69. The fourth-order valence-electron chi connectivity index (χ4n) is 5.55. The summed E-state index contributed by atoms with van der Waals surface area (Å²) < 4.78 is 28.8. The van der Waals surface area contributed by atoms with E-state index in [4.69, 9.17) is 10.4 Å². The fraction of sp³-hybridized carbons (Fsp3) is 0.275. The molecule has 2 N–H and O–H groups in total. The van der Waals surface area contributed by atoms with E-state index in [-0.39, 0.29) is 29.0 Å². The van der Waals surface area contributed by atoms with Crippen LogP contribution in [0.1, 0.15) is 100.0 Å². The number of ketones is 1. The van der Waals surface area contributed by atoms with Crippen molar-refractivity contribution in [3.8, 4) is 11.8 Å². The van der Waals surface area contributed by atoms with Crippen LogP contribution in [0.5, 0.6) is 0 Å². The molecule has 4 nitrogen and oxygen atoms in total. The maximum Gasteiger partial charge on any atom is 0.273 e. The molecule has 1 aliphatic rings. The number of Topliss-reactive ketones (excluding diaryl/α,β-unsaturated/α-hetero) is 1. The van der Waals surface area contributed by atoms with E-state index < -0.39 is 17.8 Å². The van der Waals surface area contributed by atoms with Crippen LogP contribution in [0, 0.1) is 31.1 Å². The summed E-state index contributed by atoms with van der Waals surface area (Å²) >= 11 is 0. The van der Waals surface area contributed by atoms with Crippen molar-refractivity contribution in [3.05, 3.63) is 130 Å². The van der Waals surface area contributed by atoms with Crippen LogP contribution >= 0.6 is 0 Å². The van der Waals surface area contributed by atoms with Crippen molar-refractivity contribution in [1.29, 1.82) is 5.41 Å². The van der Waals surface area contributed by atoms with Gasteiger partial charge in [0.15, 0.2) is 5.78 Å². The van der Waals surface area contributed by atoms with Crippen LogP contribution in [0.15, 0.2) is 84.9 Å². The number of hydrogen-bond acceptors (Lipinski definition) is 4. The third kappa shape index (κ3) is 7.06. The van der Waals surface area contributed by atoms with E-state index in [1.54, 1.807) is 6.92 Å². The molecule has 4 rings (SSSR count). The van der Waals surface area contributed by atoms with Gasteiger partial charge in [-0.25, -0.2) is 8.78 Å². The van der Waals surface area contributed by atoms with Crippen molar-refractivity contribution in [1.82, 2.24) is 0 Å². The summed E-state index contributed by atoms with van der Waals surface area (Å²) in [5, 5.41) is 18.2. The molecular formula is C40H40F2N2O2. The van der Waals surface area contributed by atoms with E-state index in [0.29, 0.717) is 41.8 Å². The molecule has 0 bridgehead atoms. The lowest BCUT2D eigenvalue weighted by Crippen LogP contribution is -2.16. The van der Waals surface area contributed by atoms with Gasteiger partial charge in [-0.2, -0.15) is 0 Å². The lowest BCUT2D eigenvalue weighted by atomic mass is 9.84. The number of benzene rings is 3. The number of nitrogens with one attached hydrogen (secondary N) is 1. The second-order valence-corrected chi connectivity index (χ2v) is 11.8. The molecule has 2 atom stereocenters. The smallest absolute Gasteiger partial charge is 0.273 e. The quantitative estimate of drug-likeness (QED) is 0.0739. The maximum atomic E-state index is 14.4.